The summed E-state index contributed by atoms with van der Waals surface area (Å²) < 4.78 is 0. The van der Waals surface area contributed by atoms with Gasteiger partial charge in [-0.3, -0.25) is 0 Å². The molecule has 0 aromatic carbocycles. The zero-order valence-corrected chi connectivity index (χ0v) is 6.67. The molecule has 0 amide bonds. The van der Waals surface area contributed by atoms with E-state index in [1.165, 1.54) is 0 Å². The fraction of sp³-hybridized carbons (Fsp3) is 1.00. The number of nitrogens with two attached hydrogens (primary N) is 2. The SMILES string of the molecule is NC[C@H](O)[C@@H](O)[C@@H](N)[C@H](O)CO. The standard InChI is InChI=1S/C6H16N2O4/c7-1-3(10)6(12)5(8)4(11)2-9/h3-6,9-12H,1-2,7-8H2/t3-,4+,5-,6+/m0/s1. The Morgan fingerprint density at radius 3 is 1.92 bits per heavy atom. The Hall–Kier alpha value is -0.240. The maximum absolute atomic E-state index is 9.16. The van der Waals surface area contributed by atoms with Gasteiger partial charge in [0.15, 0.2) is 0 Å². The normalized spacial score (nSPS) is 21.5. The van der Waals surface area contributed by atoms with Crippen molar-refractivity contribution in [3.63, 3.8) is 0 Å². The smallest absolute Gasteiger partial charge is 0.0988 e. The first-order valence-corrected chi connectivity index (χ1v) is 3.65. The highest BCUT2D eigenvalue weighted by Gasteiger charge is 2.27. The highest BCUT2D eigenvalue weighted by Crippen LogP contribution is 2.01. The second kappa shape index (κ2) is 5.41. The molecule has 0 bridgehead atoms. The molecule has 0 aromatic rings. The van der Waals surface area contributed by atoms with Crippen LogP contribution in [0, 0.1) is 0 Å². The monoisotopic (exact) mass is 180 g/mol. The van der Waals surface area contributed by atoms with Crippen LogP contribution < -0.4 is 11.5 Å². The molecule has 0 saturated carbocycles. The van der Waals surface area contributed by atoms with E-state index in [-0.39, 0.29) is 6.54 Å². The molecular formula is C6H16N2O4. The van der Waals surface area contributed by atoms with Gasteiger partial charge in [0.05, 0.1) is 31.0 Å². The van der Waals surface area contributed by atoms with Gasteiger partial charge in [-0.2, -0.15) is 0 Å². The first-order valence-electron chi connectivity index (χ1n) is 3.65. The topological polar surface area (TPSA) is 133 Å². The van der Waals surface area contributed by atoms with Crippen molar-refractivity contribution in [2.24, 2.45) is 11.5 Å². The molecule has 0 unspecified atom stereocenters. The average molecular weight is 180 g/mol. The minimum atomic E-state index is -1.32. The van der Waals surface area contributed by atoms with E-state index in [1.54, 1.807) is 0 Å². The average Bonchev–Trinajstić information content (AvgIpc) is 2.12. The minimum absolute atomic E-state index is 0.146. The molecule has 8 N–H and O–H groups in total. The zero-order chi connectivity index (χ0) is 9.72. The number of aliphatic hydroxyl groups is 4. The first kappa shape index (κ1) is 11.8. The largest absolute Gasteiger partial charge is 0.394 e. The van der Waals surface area contributed by atoms with Gasteiger partial charge in [0.25, 0.3) is 0 Å². The lowest BCUT2D eigenvalue weighted by atomic mass is 10.0. The molecule has 0 aliphatic rings. The third-order valence-electron chi connectivity index (χ3n) is 1.66. The van der Waals surface area contributed by atoms with Crippen LogP contribution in [0.5, 0.6) is 0 Å². The van der Waals surface area contributed by atoms with Gasteiger partial charge in [0.2, 0.25) is 0 Å². The summed E-state index contributed by atoms with van der Waals surface area (Å²) in [5, 5.41) is 35.6. The predicted molar refractivity (Wildman–Crippen MR) is 42.1 cm³/mol. The maximum Gasteiger partial charge on any atom is 0.0988 e. The van der Waals surface area contributed by atoms with Crippen molar-refractivity contribution in [1.82, 2.24) is 0 Å². The van der Waals surface area contributed by atoms with Gasteiger partial charge >= 0.3 is 0 Å². The van der Waals surface area contributed by atoms with Gasteiger partial charge in [-0.05, 0) is 0 Å². The van der Waals surface area contributed by atoms with E-state index >= 15 is 0 Å². The Labute approximate surface area is 70.4 Å². The Balaban J connectivity index is 3.99. The third-order valence-corrected chi connectivity index (χ3v) is 1.66. The quantitative estimate of drug-likeness (QED) is 0.258. The zero-order valence-electron chi connectivity index (χ0n) is 6.67. The number of aliphatic hydroxyl groups excluding tert-OH is 4. The van der Waals surface area contributed by atoms with E-state index < -0.39 is 31.0 Å². The van der Waals surface area contributed by atoms with Gasteiger partial charge in [0.1, 0.15) is 0 Å². The fourth-order valence-electron chi connectivity index (χ4n) is 0.745. The second-order valence-electron chi connectivity index (χ2n) is 2.62. The first-order chi connectivity index (χ1) is 5.54. The van der Waals surface area contributed by atoms with Crippen LogP contribution in [0.4, 0.5) is 0 Å². The van der Waals surface area contributed by atoms with Crippen LogP contribution in [-0.2, 0) is 0 Å². The van der Waals surface area contributed by atoms with Crippen LogP contribution in [0.15, 0.2) is 0 Å². The second-order valence-corrected chi connectivity index (χ2v) is 2.62. The molecule has 6 nitrogen and oxygen atoms in total. The van der Waals surface area contributed by atoms with Crippen LogP contribution in [0.25, 0.3) is 0 Å². The van der Waals surface area contributed by atoms with Crippen molar-refractivity contribution in [2.45, 2.75) is 24.4 Å². The third kappa shape index (κ3) is 3.02. The number of rotatable bonds is 5. The van der Waals surface area contributed by atoms with Crippen LogP contribution in [-0.4, -0.2) is 57.9 Å². The lowest BCUT2D eigenvalue weighted by Crippen LogP contribution is -2.53. The number of hydrogen-bond acceptors (Lipinski definition) is 6. The summed E-state index contributed by atoms with van der Waals surface area (Å²) in [7, 11) is 0. The highest BCUT2D eigenvalue weighted by molar-refractivity contribution is 4.84. The van der Waals surface area contributed by atoms with Crippen molar-refractivity contribution >= 4 is 0 Å². The van der Waals surface area contributed by atoms with Crippen LogP contribution in [0.2, 0.25) is 0 Å². The van der Waals surface area contributed by atoms with Gasteiger partial charge in [0, 0.05) is 6.54 Å². The van der Waals surface area contributed by atoms with Gasteiger partial charge in [-0.1, -0.05) is 0 Å². The molecule has 0 fully saturated rings. The molecule has 12 heavy (non-hydrogen) atoms. The minimum Gasteiger partial charge on any atom is -0.394 e. The molecular weight excluding hydrogens is 164 g/mol. The molecule has 0 heterocycles. The van der Waals surface area contributed by atoms with E-state index in [2.05, 4.69) is 0 Å². The summed E-state index contributed by atoms with van der Waals surface area (Å²) in [4.78, 5) is 0. The highest BCUT2D eigenvalue weighted by atomic mass is 16.3. The van der Waals surface area contributed by atoms with Crippen LogP contribution in [0.1, 0.15) is 0 Å². The maximum atomic E-state index is 9.16. The lowest BCUT2D eigenvalue weighted by molar-refractivity contribution is -0.0354. The van der Waals surface area contributed by atoms with Crippen molar-refractivity contribution in [3.05, 3.63) is 0 Å². The molecule has 74 valence electrons. The van der Waals surface area contributed by atoms with Crippen LogP contribution >= 0.6 is 0 Å². The Kier molecular flexibility index (Phi) is 5.31. The molecule has 0 saturated heterocycles. The fourth-order valence-corrected chi connectivity index (χ4v) is 0.745. The number of hydrogen-bond donors (Lipinski definition) is 6. The lowest BCUT2D eigenvalue weighted by Gasteiger charge is -2.25. The van der Waals surface area contributed by atoms with E-state index in [0.29, 0.717) is 0 Å². The Morgan fingerprint density at radius 1 is 1.08 bits per heavy atom. The molecule has 4 atom stereocenters. The molecule has 0 aromatic heterocycles. The van der Waals surface area contributed by atoms with Crippen molar-refractivity contribution < 1.29 is 20.4 Å². The van der Waals surface area contributed by atoms with Crippen LogP contribution in [0.3, 0.4) is 0 Å². The molecule has 0 rings (SSSR count). The summed E-state index contributed by atoms with van der Waals surface area (Å²) in [6.07, 6.45) is -3.75. The summed E-state index contributed by atoms with van der Waals surface area (Å²) in [6.45, 7) is -0.706. The van der Waals surface area contributed by atoms with E-state index in [1.807, 2.05) is 0 Å². The molecule has 0 aliphatic carbocycles. The van der Waals surface area contributed by atoms with E-state index in [9.17, 15) is 0 Å². The summed E-state index contributed by atoms with van der Waals surface area (Å²) >= 11 is 0. The summed E-state index contributed by atoms with van der Waals surface area (Å²) in [5.74, 6) is 0. The molecule has 0 aliphatic heterocycles. The van der Waals surface area contributed by atoms with Gasteiger partial charge < -0.3 is 31.9 Å². The molecule has 0 spiro atoms. The predicted octanol–water partition coefficient (Wildman–Crippen LogP) is -3.65. The van der Waals surface area contributed by atoms with Crippen molar-refractivity contribution in [1.29, 1.82) is 0 Å². The Morgan fingerprint density at radius 2 is 1.58 bits per heavy atom. The van der Waals surface area contributed by atoms with Gasteiger partial charge in [-0.25, -0.2) is 0 Å². The van der Waals surface area contributed by atoms with Crippen molar-refractivity contribution in [3.8, 4) is 0 Å². The summed E-state index contributed by atoms with van der Waals surface area (Å²) in [6, 6.07) is -1.09. The molecule has 6 heteroatoms. The van der Waals surface area contributed by atoms with Gasteiger partial charge in [-0.15, -0.1) is 0 Å². The van der Waals surface area contributed by atoms with E-state index in [0.717, 1.165) is 0 Å². The van der Waals surface area contributed by atoms with Crippen molar-refractivity contribution in [2.75, 3.05) is 13.2 Å². The molecule has 0 radical (unpaired) electrons. The summed E-state index contributed by atoms with van der Waals surface area (Å²) in [5.41, 5.74) is 10.3. The Bertz CT molecular complexity index is 110. The van der Waals surface area contributed by atoms with E-state index in [4.69, 9.17) is 31.9 Å².